The van der Waals surface area contributed by atoms with Crippen molar-refractivity contribution < 1.29 is 4.74 Å². The third-order valence-electron chi connectivity index (χ3n) is 5.70. The van der Waals surface area contributed by atoms with Gasteiger partial charge in [0.05, 0.1) is 17.2 Å². The van der Waals surface area contributed by atoms with Gasteiger partial charge in [-0.05, 0) is 32.1 Å². The summed E-state index contributed by atoms with van der Waals surface area (Å²) in [6.45, 7) is 9.77. The molecular weight excluding hydrogens is 406 g/mol. The maximum absolute atomic E-state index is 6.57. The van der Waals surface area contributed by atoms with Crippen molar-refractivity contribution in [1.82, 2.24) is 19.5 Å². The smallest absolute Gasteiger partial charge is 0.187 e. The molecule has 8 heteroatoms. The standard InChI is InChI=1S/C21H28ClN5OS/c1-5-14(6-2)15-12-26(4)20-17(15)23-13(3)16(24-20)18-19(22)25-21(29-18)27-8-7-10-28-11-9-27/h12,14H,5-11H2,1-4H3. The average molecular weight is 434 g/mol. The molecule has 0 spiro atoms. The Hall–Kier alpha value is -1.70. The lowest BCUT2D eigenvalue weighted by molar-refractivity contribution is 0.152. The zero-order valence-corrected chi connectivity index (χ0v) is 19.1. The highest BCUT2D eigenvalue weighted by atomic mass is 35.5. The van der Waals surface area contributed by atoms with Gasteiger partial charge in [0.15, 0.2) is 15.9 Å². The summed E-state index contributed by atoms with van der Waals surface area (Å²) in [7, 11) is 2.04. The monoisotopic (exact) mass is 433 g/mol. The summed E-state index contributed by atoms with van der Waals surface area (Å²) < 4.78 is 7.65. The second kappa shape index (κ2) is 8.58. The molecule has 4 rings (SSSR count). The Bertz CT molecular complexity index is 1000. The molecule has 0 N–H and O–H groups in total. The molecule has 1 aliphatic heterocycles. The van der Waals surface area contributed by atoms with Gasteiger partial charge in [0, 0.05) is 38.5 Å². The highest BCUT2D eigenvalue weighted by Crippen LogP contribution is 2.39. The number of ether oxygens (including phenoxy) is 1. The Morgan fingerprint density at radius 2 is 1.97 bits per heavy atom. The molecule has 29 heavy (non-hydrogen) atoms. The lowest BCUT2D eigenvalue weighted by atomic mass is 9.96. The van der Waals surface area contributed by atoms with Gasteiger partial charge in [0.25, 0.3) is 0 Å². The van der Waals surface area contributed by atoms with Crippen LogP contribution < -0.4 is 4.90 Å². The highest BCUT2D eigenvalue weighted by Gasteiger charge is 2.23. The molecule has 0 radical (unpaired) electrons. The first kappa shape index (κ1) is 20.6. The molecule has 156 valence electrons. The van der Waals surface area contributed by atoms with E-state index < -0.39 is 0 Å². The van der Waals surface area contributed by atoms with E-state index in [0.29, 0.717) is 11.1 Å². The van der Waals surface area contributed by atoms with Gasteiger partial charge < -0.3 is 14.2 Å². The van der Waals surface area contributed by atoms with Crippen LogP contribution in [0.2, 0.25) is 5.15 Å². The van der Waals surface area contributed by atoms with Crippen LogP contribution in [-0.2, 0) is 11.8 Å². The Kier molecular flexibility index (Phi) is 6.08. The average Bonchev–Trinajstić information content (AvgIpc) is 3.09. The zero-order valence-electron chi connectivity index (χ0n) is 17.5. The van der Waals surface area contributed by atoms with E-state index in [4.69, 9.17) is 26.3 Å². The Morgan fingerprint density at radius 3 is 2.72 bits per heavy atom. The molecule has 1 aliphatic rings. The quantitative estimate of drug-likeness (QED) is 0.554. The van der Waals surface area contributed by atoms with Crippen molar-refractivity contribution >= 4 is 39.2 Å². The van der Waals surface area contributed by atoms with E-state index in [1.165, 1.54) is 5.56 Å². The normalized spacial score (nSPS) is 15.4. The summed E-state index contributed by atoms with van der Waals surface area (Å²) in [5, 5.41) is 1.43. The number of fused-ring (bicyclic) bond motifs is 1. The van der Waals surface area contributed by atoms with Gasteiger partial charge >= 0.3 is 0 Å². The summed E-state index contributed by atoms with van der Waals surface area (Å²) in [6.07, 6.45) is 5.38. The van der Waals surface area contributed by atoms with Crippen molar-refractivity contribution in [3.63, 3.8) is 0 Å². The van der Waals surface area contributed by atoms with E-state index >= 15 is 0 Å². The van der Waals surface area contributed by atoms with Gasteiger partial charge in [0.2, 0.25) is 0 Å². The number of thiazole rings is 1. The van der Waals surface area contributed by atoms with E-state index in [1.807, 2.05) is 14.0 Å². The van der Waals surface area contributed by atoms with Gasteiger partial charge in [-0.25, -0.2) is 15.0 Å². The Balaban J connectivity index is 1.76. The fourth-order valence-corrected chi connectivity index (χ4v) is 5.42. The first-order valence-corrected chi connectivity index (χ1v) is 11.6. The largest absolute Gasteiger partial charge is 0.380 e. The molecule has 6 nitrogen and oxygen atoms in total. The number of rotatable bonds is 5. The molecule has 1 saturated heterocycles. The zero-order chi connectivity index (χ0) is 20.5. The van der Waals surface area contributed by atoms with Crippen LogP contribution in [-0.4, -0.2) is 45.8 Å². The van der Waals surface area contributed by atoms with E-state index in [0.717, 1.165) is 78.1 Å². The highest BCUT2D eigenvalue weighted by molar-refractivity contribution is 7.19. The SMILES string of the molecule is CCC(CC)c1cn(C)c2nc(-c3sc(N4CCCOCC4)nc3Cl)c(C)nc12. The molecule has 0 aromatic carbocycles. The maximum atomic E-state index is 6.57. The van der Waals surface area contributed by atoms with Crippen molar-refractivity contribution in [1.29, 1.82) is 0 Å². The molecule has 0 amide bonds. The van der Waals surface area contributed by atoms with E-state index in [2.05, 4.69) is 34.5 Å². The van der Waals surface area contributed by atoms with Gasteiger partial charge in [0.1, 0.15) is 11.2 Å². The van der Waals surface area contributed by atoms with Crippen molar-refractivity contribution in [2.24, 2.45) is 7.05 Å². The van der Waals surface area contributed by atoms with Crippen LogP contribution in [0.5, 0.6) is 0 Å². The molecule has 0 aliphatic carbocycles. The van der Waals surface area contributed by atoms with Crippen LogP contribution in [0.1, 0.15) is 50.3 Å². The summed E-state index contributed by atoms with van der Waals surface area (Å²) in [4.78, 5) is 17.7. The third-order valence-corrected chi connectivity index (χ3v) is 7.21. The molecule has 3 aromatic rings. The first-order chi connectivity index (χ1) is 14.0. The minimum Gasteiger partial charge on any atom is -0.380 e. The number of hydrogen-bond donors (Lipinski definition) is 0. The van der Waals surface area contributed by atoms with Crippen LogP contribution >= 0.6 is 22.9 Å². The van der Waals surface area contributed by atoms with Crippen molar-refractivity contribution in [3.8, 4) is 10.6 Å². The van der Waals surface area contributed by atoms with Gasteiger partial charge in [-0.2, -0.15) is 0 Å². The Labute approximate surface area is 180 Å². The van der Waals surface area contributed by atoms with Crippen LogP contribution in [0.4, 0.5) is 5.13 Å². The minimum absolute atomic E-state index is 0.501. The summed E-state index contributed by atoms with van der Waals surface area (Å²) in [6, 6.07) is 0. The number of hydrogen-bond acceptors (Lipinski definition) is 6. The third kappa shape index (κ3) is 3.88. The van der Waals surface area contributed by atoms with E-state index in [9.17, 15) is 0 Å². The molecular formula is C21H28ClN5OS. The predicted octanol–water partition coefficient (Wildman–Crippen LogP) is 5.18. The van der Waals surface area contributed by atoms with Crippen LogP contribution in [0.3, 0.4) is 0 Å². The molecule has 1 fully saturated rings. The molecule has 0 unspecified atom stereocenters. The lowest BCUT2D eigenvalue weighted by Gasteiger charge is -2.17. The number of nitrogens with zero attached hydrogens (tertiary/aromatic N) is 5. The number of aryl methyl sites for hydroxylation is 2. The van der Waals surface area contributed by atoms with Crippen LogP contribution in [0, 0.1) is 6.92 Å². The summed E-state index contributed by atoms with van der Waals surface area (Å²) in [5.74, 6) is 0.502. The molecule has 0 bridgehead atoms. The maximum Gasteiger partial charge on any atom is 0.187 e. The van der Waals surface area contributed by atoms with Gasteiger partial charge in [-0.1, -0.05) is 36.8 Å². The second-order valence-corrected chi connectivity index (χ2v) is 8.94. The summed E-state index contributed by atoms with van der Waals surface area (Å²) in [5.41, 5.74) is 4.92. The minimum atomic E-state index is 0.501. The predicted molar refractivity (Wildman–Crippen MR) is 120 cm³/mol. The first-order valence-electron chi connectivity index (χ1n) is 10.4. The van der Waals surface area contributed by atoms with Gasteiger partial charge in [-0.3, -0.25) is 0 Å². The molecule has 0 saturated carbocycles. The Morgan fingerprint density at radius 1 is 1.17 bits per heavy atom. The van der Waals surface area contributed by atoms with Crippen LogP contribution in [0.25, 0.3) is 21.7 Å². The lowest BCUT2D eigenvalue weighted by Crippen LogP contribution is -2.25. The fraction of sp³-hybridized carbons (Fsp3) is 0.571. The number of anilines is 1. The van der Waals surface area contributed by atoms with Crippen LogP contribution in [0.15, 0.2) is 6.20 Å². The molecule has 0 atom stereocenters. The van der Waals surface area contributed by atoms with Crippen molar-refractivity contribution in [2.75, 3.05) is 31.2 Å². The van der Waals surface area contributed by atoms with Crippen molar-refractivity contribution in [2.45, 2.75) is 46.0 Å². The van der Waals surface area contributed by atoms with E-state index in [1.54, 1.807) is 11.3 Å². The summed E-state index contributed by atoms with van der Waals surface area (Å²) >= 11 is 8.16. The molecule has 3 aromatic heterocycles. The molecule has 4 heterocycles. The van der Waals surface area contributed by atoms with E-state index in [-0.39, 0.29) is 0 Å². The second-order valence-electron chi connectivity index (χ2n) is 7.61. The number of aromatic nitrogens is 4. The topological polar surface area (TPSA) is 56.1 Å². The number of halogens is 1. The van der Waals surface area contributed by atoms with Crippen molar-refractivity contribution in [3.05, 3.63) is 22.6 Å². The van der Waals surface area contributed by atoms with Gasteiger partial charge in [-0.15, -0.1) is 0 Å². The fourth-order valence-electron chi connectivity index (χ4n) is 4.03.